The van der Waals surface area contributed by atoms with Crippen molar-refractivity contribution in [1.29, 1.82) is 5.41 Å². The van der Waals surface area contributed by atoms with Gasteiger partial charge < -0.3 is 10.2 Å². The molecule has 1 heterocycles. The van der Waals surface area contributed by atoms with Crippen LogP contribution >= 0.6 is 0 Å². The predicted octanol–water partition coefficient (Wildman–Crippen LogP) is 1.88. The number of nitrogens with one attached hydrogen (secondary N) is 2. The number of hydrogen-bond donors (Lipinski definition) is 3. The van der Waals surface area contributed by atoms with Gasteiger partial charge in [0.1, 0.15) is 5.76 Å². The third-order valence-electron chi connectivity index (χ3n) is 2.38. The summed E-state index contributed by atoms with van der Waals surface area (Å²) in [6, 6.07) is 11.0. The highest BCUT2D eigenvalue weighted by Gasteiger charge is 2.12. The van der Waals surface area contributed by atoms with Gasteiger partial charge in [-0.25, -0.2) is 0 Å². The number of nitrogens with two attached hydrogens (primary N) is 1. The lowest BCUT2D eigenvalue weighted by molar-refractivity contribution is 0.0950. The molecule has 2 aromatic rings. The fraction of sp³-hybridized carbons (Fsp3) is 0.0769. The summed E-state index contributed by atoms with van der Waals surface area (Å²) in [5, 5.41) is 9.14. The maximum Gasteiger partial charge on any atom is 0.293 e. The lowest BCUT2D eigenvalue weighted by Gasteiger charge is -2.00. The van der Waals surface area contributed by atoms with Crippen molar-refractivity contribution in [3.63, 3.8) is 0 Å². The molecular formula is C13H13N3O2. The number of guanidine groups is 1. The molecule has 1 amide bonds. The molecular weight excluding hydrogens is 230 g/mol. The van der Waals surface area contributed by atoms with E-state index >= 15 is 0 Å². The van der Waals surface area contributed by atoms with Gasteiger partial charge in [0.25, 0.3) is 5.91 Å². The summed E-state index contributed by atoms with van der Waals surface area (Å²) in [6.45, 7) is 1.98. The highest BCUT2D eigenvalue weighted by Crippen LogP contribution is 2.22. The zero-order chi connectivity index (χ0) is 13.1. The van der Waals surface area contributed by atoms with Gasteiger partial charge in [0, 0.05) is 5.56 Å². The molecule has 1 aromatic heterocycles. The molecule has 0 radical (unpaired) electrons. The van der Waals surface area contributed by atoms with Crippen molar-refractivity contribution in [2.24, 2.45) is 5.73 Å². The van der Waals surface area contributed by atoms with Gasteiger partial charge in [-0.15, -0.1) is 0 Å². The van der Waals surface area contributed by atoms with Crippen molar-refractivity contribution in [3.8, 4) is 11.3 Å². The van der Waals surface area contributed by atoms with E-state index in [1.807, 2.05) is 31.2 Å². The molecule has 1 aromatic carbocycles. The second-order valence-corrected chi connectivity index (χ2v) is 3.90. The average molecular weight is 243 g/mol. The van der Waals surface area contributed by atoms with E-state index in [2.05, 4.69) is 5.32 Å². The fourth-order valence-corrected chi connectivity index (χ4v) is 1.60. The number of amides is 1. The zero-order valence-corrected chi connectivity index (χ0v) is 9.86. The van der Waals surface area contributed by atoms with E-state index in [4.69, 9.17) is 15.6 Å². The Kier molecular flexibility index (Phi) is 3.14. The minimum atomic E-state index is -0.526. The van der Waals surface area contributed by atoms with Crippen LogP contribution < -0.4 is 11.1 Å². The molecule has 0 saturated carbocycles. The molecule has 2 rings (SSSR count). The lowest BCUT2D eigenvalue weighted by atomic mass is 10.1. The fourth-order valence-electron chi connectivity index (χ4n) is 1.60. The second-order valence-electron chi connectivity index (χ2n) is 3.90. The van der Waals surface area contributed by atoms with Crippen molar-refractivity contribution >= 4 is 11.9 Å². The summed E-state index contributed by atoms with van der Waals surface area (Å²) >= 11 is 0. The summed E-state index contributed by atoms with van der Waals surface area (Å²) in [4.78, 5) is 11.5. The van der Waals surface area contributed by atoms with Crippen LogP contribution in [-0.4, -0.2) is 11.9 Å². The molecule has 0 spiro atoms. The average Bonchev–Trinajstić information content (AvgIpc) is 2.77. The summed E-state index contributed by atoms with van der Waals surface area (Å²) < 4.78 is 5.42. The smallest absolute Gasteiger partial charge is 0.293 e. The van der Waals surface area contributed by atoms with Crippen molar-refractivity contribution in [2.75, 3.05) is 0 Å². The Labute approximate surface area is 104 Å². The Balaban J connectivity index is 2.25. The molecule has 0 aliphatic rings. The Bertz CT molecular complexity index is 602. The minimum Gasteiger partial charge on any atom is -0.451 e. The molecule has 18 heavy (non-hydrogen) atoms. The molecule has 5 nitrogen and oxygen atoms in total. The summed E-state index contributed by atoms with van der Waals surface area (Å²) in [6.07, 6.45) is 0. The second kappa shape index (κ2) is 4.75. The number of carbonyl (C=O) groups excluding carboxylic acids is 1. The minimum absolute atomic E-state index is 0.127. The number of furan rings is 1. The molecule has 4 N–H and O–H groups in total. The first-order valence-corrected chi connectivity index (χ1v) is 5.38. The maximum absolute atomic E-state index is 11.5. The molecule has 0 unspecified atom stereocenters. The third kappa shape index (κ3) is 2.57. The highest BCUT2D eigenvalue weighted by molar-refractivity contribution is 6.03. The molecule has 0 atom stereocenters. The molecule has 92 valence electrons. The van der Waals surface area contributed by atoms with Crippen LogP contribution in [0, 0.1) is 12.3 Å². The van der Waals surface area contributed by atoms with Crippen molar-refractivity contribution in [1.82, 2.24) is 5.32 Å². The zero-order valence-electron chi connectivity index (χ0n) is 9.86. The van der Waals surface area contributed by atoms with Gasteiger partial charge in [0.2, 0.25) is 0 Å². The van der Waals surface area contributed by atoms with Crippen LogP contribution in [0.4, 0.5) is 0 Å². The Morgan fingerprint density at radius 1 is 1.33 bits per heavy atom. The van der Waals surface area contributed by atoms with Gasteiger partial charge >= 0.3 is 0 Å². The van der Waals surface area contributed by atoms with Crippen LogP contribution in [0.3, 0.4) is 0 Å². The molecule has 0 aliphatic heterocycles. The summed E-state index contributed by atoms with van der Waals surface area (Å²) in [7, 11) is 0. The van der Waals surface area contributed by atoms with Crippen LogP contribution in [0.2, 0.25) is 0 Å². The van der Waals surface area contributed by atoms with Gasteiger partial charge in [0.15, 0.2) is 11.7 Å². The number of carbonyl (C=O) groups is 1. The SMILES string of the molecule is Cc1cccc(-c2ccc(C(=O)NC(=N)N)o2)c1. The number of hydrogen-bond acceptors (Lipinski definition) is 3. The van der Waals surface area contributed by atoms with E-state index in [1.54, 1.807) is 12.1 Å². The largest absolute Gasteiger partial charge is 0.451 e. The van der Waals surface area contributed by atoms with E-state index in [1.165, 1.54) is 0 Å². The number of benzene rings is 1. The highest BCUT2D eigenvalue weighted by atomic mass is 16.3. The maximum atomic E-state index is 11.5. The Hall–Kier alpha value is -2.56. The van der Waals surface area contributed by atoms with E-state index in [0.717, 1.165) is 11.1 Å². The normalized spacial score (nSPS) is 10.1. The first-order chi connectivity index (χ1) is 8.56. The third-order valence-corrected chi connectivity index (χ3v) is 2.38. The van der Waals surface area contributed by atoms with E-state index in [-0.39, 0.29) is 5.76 Å². The van der Waals surface area contributed by atoms with Gasteiger partial charge in [-0.1, -0.05) is 23.8 Å². The first kappa shape index (κ1) is 11.9. The van der Waals surface area contributed by atoms with Gasteiger partial charge in [-0.05, 0) is 25.1 Å². The van der Waals surface area contributed by atoms with E-state index in [9.17, 15) is 4.79 Å². The van der Waals surface area contributed by atoms with Gasteiger partial charge in [0.05, 0.1) is 0 Å². The van der Waals surface area contributed by atoms with Crippen LogP contribution in [0.25, 0.3) is 11.3 Å². The van der Waals surface area contributed by atoms with Crippen molar-refractivity contribution in [2.45, 2.75) is 6.92 Å². The number of rotatable bonds is 2. The molecule has 0 aliphatic carbocycles. The van der Waals surface area contributed by atoms with Crippen LogP contribution in [0.5, 0.6) is 0 Å². The van der Waals surface area contributed by atoms with Crippen LogP contribution in [-0.2, 0) is 0 Å². The number of aryl methyl sites for hydroxylation is 1. The summed E-state index contributed by atoms with van der Waals surface area (Å²) in [5.74, 6) is -0.205. The summed E-state index contributed by atoms with van der Waals surface area (Å²) in [5.41, 5.74) is 7.09. The molecule has 5 heteroatoms. The van der Waals surface area contributed by atoms with Crippen LogP contribution in [0.1, 0.15) is 16.1 Å². The Morgan fingerprint density at radius 2 is 2.11 bits per heavy atom. The van der Waals surface area contributed by atoms with Gasteiger partial charge in [-0.2, -0.15) is 0 Å². The predicted molar refractivity (Wildman–Crippen MR) is 68.3 cm³/mol. The van der Waals surface area contributed by atoms with Crippen molar-refractivity contribution in [3.05, 3.63) is 47.7 Å². The topological polar surface area (TPSA) is 92.1 Å². The quantitative estimate of drug-likeness (QED) is 0.555. The lowest BCUT2D eigenvalue weighted by Crippen LogP contribution is -2.35. The first-order valence-electron chi connectivity index (χ1n) is 5.38. The molecule has 0 fully saturated rings. The van der Waals surface area contributed by atoms with E-state index in [0.29, 0.717) is 5.76 Å². The molecule has 0 bridgehead atoms. The van der Waals surface area contributed by atoms with Crippen LogP contribution in [0.15, 0.2) is 40.8 Å². The standard InChI is InChI=1S/C13H13N3O2/c1-8-3-2-4-9(7-8)10-5-6-11(18-10)12(17)16-13(14)15/h2-7H,1H3,(H4,14,15,16,17). The van der Waals surface area contributed by atoms with E-state index < -0.39 is 11.9 Å². The van der Waals surface area contributed by atoms with Gasteiger partial charge in [-0.3, -0.25) is 15.5 Å². The molecule has 0 saturated heterocycles. The Morgan fingerprint density at radius 3 is 2.78 bits per heavy atom. The van der Waals surface area contributed by atoms with Crippen molar-refractivity contribution < 1.29 is 9.21 Å². The monoisotopic (exact) mass is 243 g/mol.